The molecule has 0 spiro atoms. The molecule has 0 saturated carbocycles. The van der Waals surface area contributed by atoms with Gasteiger partial charge in [0, 0.05) is 29.9 Å². The highest BCUT2D eigenvalue weighted by Crippen LogP contribution is 2.34. The van der Waals surface area contributed by atoms with Crippen LogP contribution in [-0.2, 0) is 18.3 Å². The molecule has 31 heavy (non-hydrogen) atoms. The summed E-state index contributed by atoms with van der Waals surface area (Å²) in [6, 6.07) is 7.99. The minimum atomic E-state index is -4.14. The van der Waals surface area contributed by atoms with E-state index in [0.29, 0.717) is 18.8 Å². The van der Waals surface area contributed by atoms with Gasteiger partial charge in [0.25, 0.3) is 0 Å². The first-order chi connectivity index (χ1) is 14.7. The van der Waals surface area contributed by atoms with Gasteiger partial charge in [-0.15, -0.1) is 0 Å². The Morgan fingerprint density at radius 3 is 2.48 bits per heavy atom. The van der Waals surface area contributed by atoms with Crippen LogP contribution in [0.4, 0.5) is 13.2 Å². The first-order valence-corrected chi connectivity index (χ1v) is 10.4. The summed E-state index contributed by atoms with van der Waals surface area (Å²) in [6.45, 7) is 2.71. The fourth-order valence-corrected chi connectivity index (χ4v) is 4.14. The number of fused-ring (bicyclic) bond motifs is 1. The van der Waals surface area contributed by atoms with Gasteiger partial charge in [0.2, 0.25) is 0 Å². The number of hydrogen-bond acceptors (Lipinski definition) is 4. The number of hydrogen-bond donors (Lipinski definition) is 0. The maximum absolute atomic E-state index is 12.8. The normalized spacial score (nSPS) is 16.2. The average molecular weight is 430 g/mol. The third kappa shape index (κ3) is 4.79. The molecule has 3 heterocycles. The van der Waals surface area contributed by atoms with Gasteiger partial charge in [0.1, 0.15) is 5.82 Å². The number of ketones is 1. The summed E-state index contributed by atoms with van der Waals surface area (Å²) in [6.07, 6.45) is -0.264. The highest BCUT2D eigenvalue weighted by atomic mass is 19.4. The molecule has 0 N–H and O–H groups in total. The lowest BCUT2D eigenvalue weighted by Crippen LogP contribution is -2.41. The van der Waals surface area contributed by atoms with E-state index in [0.717, 1.165) is 27.9 Å². The first-order valence-electron chi connectivity index (χ1n) is 10.4. The molecule has 0 amide bonds. The Bertz CT molecular complexity index is 1100. The number of nitrogens with zero attached hydrogens (tertiary/aromatic N) is 4. The van der Waals surface area contributed by atoms with Crippen molar-refractivity contribution >= 4 is 16.6 Å². The number of aromatic nitrogens is 3. The topological polar surface area (TPSA) is 51.0 Å². The van der Waals surface area contributed by atoms with Crippen molar-refractivity contribution in [3.63, 3.8) is 0 Å². The number of carbonyl (C=O) groups excluding carboxylic acids is 1. The number of aryl methyl sites for hydroxylation is 1. The number of pyridine rings is 1. The van der Waals surface area contributed by atoms with Gasteiger partial charge in [-0.25, -0.2) is 4.98 Å². The maximum atomic E-state index is 12.8. The molecule has 3 aromatic rings. The van der Waals surface area contributed by atoms with Crippen molar-refractivity contribution in [1.29, 1.82) is 0 Å². The molecule has 2 aromatic heterocycles. The molecule has 0 bridgehead atoms. The number of carbonyl (C=O) groups is 1. The molecule has 0 atom stereocenters. The van der Waals surface area contributed by atoms with Gasteiger partial charge in [0.15, 0.2) is 5.78 Å². The molecule has 1 aromatic carbocycles. The van der Waals surface area contributed by atoms with Crippen LogP contribution in [0.3, 0.4) is 0 Å². The minimum Gasteiger partial charge on any atom is -0.331 e. The van der Waals surface area contributed by atoms with Gasteiger partial charge in [-0.3, -0.25) is 14.7 Å². The second-order valence-electron chi connectivity index (χ2n) is 8.29. The van der Waals surface area contributed by atoms with Crippen molar-refractivity contribution in [2.24, 2.45) is 13.0 Å². The van der Waals surface area contributed by atoms with Gasteiger partial charge in [0.05, 0.1) is 30.8 Å². The summed E-state index contributed by atoms with van der Waals surface area (Å²) in [5.74, 6) is -0.357. The quantitative estimate of drug-likeness (QED) is 0.605. The standard InChI is InChI=1S/C23H25F3N4O/c1-15-27-13-22(29(15)2)16-3-4-17-12-28-20(10-18(17)9-16)11-21(31)14-30-7-5-19(6-8-30)23(24,25)26/h3-4,9-10,12-13,19H,5-8,11,14H2,1-2H3. The molecule has 0 unspecified atom stereocenters. The zero-order valence-corrected chi connectivity index (χ0v) is 17.6. The lowest BCUT2D eigenvalue weighted by Gasteiger charge is -2.32. The zero-order chi connectivity index (χ0) is 22.2. The van der Waals surface area contributed by atoms with Crippen molar-refractivity contribution < 1.29 is 18.0 Å². The molecule has 1 saturated heterocycles. The lowest BCUT2D eigenvalue weighted by molar-refractivity contribution is -0.185. The molecular weight excluding hydrogens is 405 g/mol. The monoisotopic (exact) mass is 430 g/mol. The number of likely N-dealkylation sites (tertiary alicyclic amines) is 1. The van der Waals surface area contributed by atoms with Crippen LogP contribution in [0.5, 0.6) is 0 Å². The van der Waals surface area contributed by atoms with Crippen molar-refractivity contribution in [2.45, 2.75) is 32.4 Å². The number of alkyl halides is 3. The van der Waals surface area contributed by atoms with Crippen molar-refractivity contribution in [3.8, 4) is 11.3 Å². The summed E-state index contributed by atoms with van der Waals surface area (Å²) in [4.78, 5) is 23.1. The van der Waals surface area contributed by atoms with Gasteiger partial charge in [-0.2, -0.15) is 13.2 Å². The second kappa shape index (κ2) is 8.42. The fraction of sp³-hybridized carbons (Fsp3) is 0.435. The third-order valence-electron chi connectivity index (χ3n) is 6.12. The van der Waals surface area contributed by atoms with E-state index in [2.05, 4.69) is 16.0 Å². The van der Waals surface area contributed by atoms with Crippen LogP contribution < -0.4 is 0 Å². The molecule has 5 nitrogen and oxygen atoms in total. The molecule has 1 aliphatic heterocycles. The van der Waals surface area contributed by atoms with Gasteiger partial charge < -0.3 is 4.57 Å². The van der Waals surface area contributed by atoms with Gasteiger partial charge >= 0.3 is 6.18 Å². The minimum absolute atomic E-state index is 0.0317. The Kier molecular flexibility index (Phi) is 5.83. The number of halogens is 3. The molecule has 4 rings (SSSR count). The number of rotatable bonds is 5. The smallest absolute Gasteiger partial charge is 0.331 e. The summed E-state index contributed by atoms with van der Waals surface area (Å²) in [7, 11) is 1.97. The SMILES string of the molecule is Cc1ncc(-c2ccc3cnc(CC(=O)CN4CCC(C(F)(F)F)CC4)cc3c2)n1C. The number of Topliss-reactive ketones (excluding diaryl/α,β-unsaturated/α-hetero) is 1. The Balaban J connectivity index is 1.42. The lowest BCUT2D eigenvalue weighted by atomic mass is 9.96. The summed E-state index contributed by atoms with van der Waals surface area (Å²) in [5, 5.41) is 1.97. The van der Waals surface area contributed by atoms with Crippen LogP contribution in [0.25, 0.3) is 22.0 Å². The van der Waals surface area contributed by atoms with E-state index in [1.165, 1.54) is 0 Å². The van der Waals surface area contributed by atoms with E-state index in [1.807, 2.05) is 47.8 Å². The summed E-state index contributed by atoms with van der Waals surface area (Å²) < 4.78 is 40.4. The largest absolute Gasteiger partial charge is 0.391 e. The van der Waals surface area contributed by atoms with Gasteiger partial charge in [-0.1, -0.05) is 12.1 Å². The molecule has 0 aliphatic carbocycles. The highest BCUT2D eigenvalue weighted by Gasteiger charge is 2.41. The van der Waals surface area contributed by atoms with Crippen LogP contribution in [-0.4, -0.2) is 51.0 Å². The van der Waals surface area contributed by atoms with E-state index in [1.54, 1.807) is 6.20 Å². The van der Waals surface area contributed by atoms with Crippen molar-refractivity contribution in [1.82, 2.24) is 19.4 Å². The third-order valence-corrected chi connectivity index (χ3v) is 6.12. The Labute approximate surface area is 178 Å². The molecule has 1 fully saturated rings. The van der Waals surface area contributed by atoms with E-state index in [-0.39, 0.29) is 31.6 Å². The summed E-state index contributed by atoms with van der Waals surface area (Å²) in [5.41, 5.74) is 2.71. The van der Waals surface area contributed by atoms with Crippen molar-refractivity contribution in [2.75, 3.05) is 19.6 Å². The van der Waals surface area contributed by atoms with Crippen LogP contribution >= 0.6 is 0 Å². The Morgan fingerprint density at radius 1 is 1.10 bits per heavy atom. The number of piperidine rings is 1. The van der Waals surface area contributed by atoms with Crippen LogP contribution in [0.15, 0.2) is 36.7 Å². The summed E-state index contributed by atoms with van der Waals surface area (Å²) >= 11 is 0. The van der Waals surface area contributed by atoms with E-state index in [9.17, 15) is 18.0 Å². The van der Waals surface area contributed by atoms with Crippen LogP contribution in [0.2, 0.25) is 0 Å². The van der Waals surface area contributed by atoms with Gasteiger partial charge in [-0.05, 0) is 50.4 Å². The molecule has 0 radical (unpaired) electrons. The molecule has 164 valence electrons. The maximum Gasteiger partial charge on any atom is 0.391 e. The molecule has 8 heteroatoms. The molecule has 1 aliphatic rings. The first kappa shape index (κ1) is 21.5. The number of imidazole rings is 1. The van der Waals surface area contributed by atoms with E-state index < -0.39 is 12.1 Å². The van der Waals surface area contributed by atoms with Crippen molar-refractivity contribution in [3.05, 3.63) is 48.2 Å². The van der Waals surface area contributed by atoms with Crippen LogP contribution in [0.1, 0.15) is 24.4 Å². The van der Waals surface area contributed by atoms with E-state index in [4.69, 9.17) is 0 Å². The fourth-order valence-electron chi connectivity index (χ4n) is 4.14. The number of benzene rings is 1. The Morgan fingerprint density at radius 2 is 1.84 bits per heavy atom. The Hall–Kier alpha value is -2.74. The predicted octanol–water partition coefficient (Wildman–Crippen LogP) is 4.33. The predicted molar refractivity (Wildman–Crippen MR) is 113 cm³/mol. The second-order valence-corrected chi connectivity index (χ2v) is 8.29. The average Bonchev–Trinajstić information content (AvgIpc) is 3.05. The molecular formula is C23H25F3N4O. The zero-order valence-electron chi connectivity index (χ0n) is 17.6. The highest BCUT2D eigenvalue weighted by molar-refractivity contribution is 5.88. The van der Waals surface area contributed by atoms with E-state index >= 15 is 0 Å². The van der Waals surface area contributed by atoms with Crippen LogP contribution in [0, 0.1) is 12.8 Å².